The van der Waals surface area contributed by atoms with Gasteiger partial charge in [-0.1, -0.05) is 29.8 Å². The zero-order valence-corrected chi connectivity index (χ0v) is 13.6. The third-order valence-corrected chi connectivity index (χ3v) is 3.19. The maximum Gasteiger partial charge on any atom is 0.190 e. The molecule has 1 rings (SSSR count). The number of rotatable bonds is 7. The van der Waals surface area contributed by atoms with Crippen molar-refractivity contribution in [1.29, 1.82) is 0 Å². The predicted molar refractivity (Wildman–Crippen MR) is 90.2 cm³/mol. The highest BCUT2D eigenvalue weighted by Crippen LogP contribution is 2.19. The zero-order valence-electron chi connectivity index (χ0n) is 13.6. The molecule has 0 amide bonds. The third kappa shape index (κ3) is 6.34. The Morgan fingerprint density at radius 2 is 2.05 bits per heavy atom. The van der Waals surface area contributed by atoms with Crippen LogP contribution in [0.5, 0.6) is 5.75 Å². The first-order chi connectivity index (χ1) is 10.2. The summed E-state index contributed by atoms with van der Waals surface area (Å²) >= 11 is 0. The standard InChI is InChI=1S/C17H27N3O/c1-5-6-7-11-19-17(18-3)20-12-10-15-13-14(2)8-9-16(15)21-4/h5-6,8-9,13H,7,10-12H2,1-4H3,(H2,18,19,20). The molecule has 0 aliphatic carbocycles. The van der Waals surface area contributed by atoms with E-state index in [-0.39, 0.29) is 0 Å². The first-order valence-electron chi connectivity index (χ1n) is 7.40. The Balaban J connectivity index is 2.42. The van der Waals surface area contributed by atoms with Gasteiger partial charge < -0.3 is 15.4 Å². The van der Waals surface area contributed by atoms with Crippen LogP contribution in [0.1, 0.15) is 24.5 Å². The molecule has 0 heterocycles. The van der Waals surface area contributed by atoms with Gasteiger partial charge in [0.25, 0.3) is 0 Å². The van der Waals surface area contributed by atoms with E-state index in [1.54, 1.807) is 14.2 Å². The normalized spacial score (nSPS) is 11.7. The Morgan fingerprint density at radius 3 is 2.71 bits per heavy atom. The fraction of sp³-hybridized carbons (Fsp3) is 0.471. The molecule has 0 unspecified atom stereocenters. The van der Waals surface area contributed by atoms with Gasteiger partial charge in [-0.15, -0.1) is 0 Å². The number of hydrogen-bond acceptors (Lipinski definition) is 2. The maximum atomic E-state index is 5.39. The van der Waals surface area contributed by atoms with Gasteiger partial charge in [0.15, 0.2) is 5.96 Å². The monoisotopic (exact) mass is 289 g/mol. The fourth-order valence-electron chi connectivity index (χ4n) is 2.08. The largest absolute Gasteiger partial charge is 0.496 e. The summed E-state index contributed by atoms with van der Waals surface area (Å²) in [5, 5.41) is 6.61. The van der Waals surface area contributed by atoms with Gasteiger partial charge in [-0.25, -0.2) is 0 Å². The summed E-state index contributed by atoms with van der Waals surface area (Å²) in [6.45, 7) is 5.83. The molecule has 21 heavy (non-hydrogen) atoms. The van der Waals surface area contributed by atoms with E-state index in [2.05, 4.69) is 46.8 Å². The minimum atomic E-state index is 0.823. The molecule has 4 heteroatoms. The number of methoxy groups -OCH3 is 1. The first kappa shape index (κ1) is 17.1. The van der Waals surface area contributed by atoms with E-state index in [9.17, 15) is 0 Å². The molecule has 2 N–H and O–H groups in total. The van der Waals surface area contributed by atoms with Gasteiger partial charge in [0.05, 0.1) is 7.11 Å². The van der Waals surface area contributed by atoms with Crippen molar-refractivity contribution in [2.24, 2.45) is 4.99 Å². The van der Waals surface area contributed by atoms with E-state index in [4.69, 9.17) is 4.74 Å². The van der Waals surface area contributed by atoms with Crippen molar-refractivity contribution in [2.45, 2.75) is 26.7 Å². The number of guanidine groups is 1. The van der Waals surface area contributed by atoms with Crippen LogP contribution in [-0.2, 0) is 6.42 Å². The summed E-state index contributed by atoms with van der Waals surface area (Å²) in [6, 6.07) is 6.26. The lowest BCUT2D eigenvalue weighted by Gasteiger charge is -2.13. The van der Waals surface area contributed by atoms with Crippen molar-refractivity contribution < 1.29 is 4.74 Å². The summed E-state index contributed by atoms with van der Waals surface area (Å²) in [4.78, 5) is 4.22. The highest BCUT2D eigenvalue weighted by Gasteiger charge is 2.03. The summed E-state index contributed by atoms with van der Waals surface area (Å²) in [6.07, 6.45) is 6.10. The van der Waals surface area contributed by atoms with Crippen LogP contribution in [0, 0.1) is 6.92 Å². The van der Waals surface area contributed by atoms with E-state index in [1.165, 1.54) is 11.1 Å². The number of benzene rings is 1. The number of nitrogens with zero attached hydrogens (tertiary/aromatic N) is 1. The van der Waals surface area contributed by atoms with E-state index in [1.807, 2.05) is 13.0 Å². The van der Waals surface area contributed by atoms with Crippen molar-refractivity contribution in [1.82, 2.24) is 10.6 Å². The fourth-order valence-corrected chi connectivity index (χ4v) is 2.08. The molecule has 0 saturated carbocycles. The van der Waals surface area contributed by atoms with Crippen molar-refractivity contribution >= 4 is 5.96 Å². The lowest BCUT2D eigenvalue weighted by atomic mass is 10.1. The van der Waals surface area contributed by atoms with Crippen LogP contribution >= 0.6 is 0 Å². The minimum absolute atomic E-state index is 0.823. The van der Waals surface area contributed by atoms with Gasteiger partial charge in [-0.05, 0) is 38.3 Å². The van der Waals surface area contributed by atoms with Crippen LogP contribution in [0.3, 0.4) is 0 Å². The average Bonchev–Trinajstić information content (AvgIpc) is 2.50. The molecular weight excluding hydrogens is 262 g/mol. The SMILES string of the molecule is CC=CCCNC(=NC)NCCc1cc(C)ccc1OC. The van der Waals surface area contributed by atoms with Crippen LogP contribution in [0.4, 0.5) is 0 Å². The number of aryl methyl sites for hydroxylation is 1. The molecule has 4 nitrogen and oxygen atoms in total. The molecule has 1 aromatic rings. The van der Waals surface area contributed by atoms with Crippen molar-refractivity contribution in [3.05, 3.63) is 41.5 Å². The average molecular weight is 289 g/mol. The summed E-state index contributed by atoms with van der Waals surface area (Å²) in [5.41, 5.74) is 2.47. The van der Waals surface area contributed by atoms with Gasteiger partial charge in [0.1, 0.15) is 5.75 Å². The number of hydrogen-bond donors (Lipinski definition) is 2. The molecule has 0 aliphatic heterocycles. The molecule has 116 valence electrons. The van der Waals surface area contributed by atoms with Crippen molar-refractivity contribution in [3.8, 4) is 5.75 Å². The first-order valence-corrected chi connectivity index (χ1v) is 7.40. The summed E-state index contributed by atoms with van der Waals surface area (Å²) in [7, 11) is 3.50. The second kappa shape index (κ2) is 9.86. The second-order valence-electron chi connectivity index (χ2n) is 4.85. The Labute approximate surface area is 128 Å². The number of aliphatic imine (C=N–C) groups is 1. The molecule has 0 fully saturated rings. The zero-order chi connectivity index (χ0) is 15.5. The Morgan fingerprint density at radius 1 is 1.29 bits per heavy atom. The van der Waals surface area contributed by atoms with Crippen molar-refractivity contribution in [3.63, 3.8) is 0 Å². The summed E-state index contributed by atoms with van der Waals surface area (Å²) in [5.74, 6) is 1.78. The molecule has 0 bridgehead atoms. The van der Waals surface area contributed by atoms with Gasteiger partial charge in [-0.2, -0.15) is 0 Å². The molecule has 0 radical (unpaired) electrons. The third-order valence-electron chi connectivity index (χ3n) is 3.19. The summed E-state index contributed by atoms with van der Waals surface area (Å²) < 4.78 is 5.39. The topological polar surface area (TPSA) is 45.7 Å². The Hall–Kier alpha value is -1.97. The van der Waals surface area contributed by atoms with Crippen LogP contribution in [0.25, 0.3) is 0 Å². The van der Waals surface area contributed by atoms with Crippen LogP contribution in [0.2, 0.25) is 0 Å². The highest BCUT2D eigenvalue weighted by molar-refractivity contribution is 5.79. The van der Waals surface area contributed by atoms with Crippen LogP contribution < -0.4 is 15.4 Å². The predicted octanol–water partition coefficient (Wildman–Crippen LogP) is 2.68. The van der Waals surface area contributed by atoms with E-state index >= 15 is 0 Å². The van der Waals surface area contributed by atoms with Gasteiger partial charge >= 0.3 is 0 Å². The van der Waals surface area contributed by atoms with Gasteiger partial charge in [0, 0.05) is 20.1 Å². The molecule has 0 aromatic heterocycles. The number of nitrogens with one attached hydrogen (secondary N) is 2. The van der Waals surface area contributed by atoms with E-state index in [0.717, 1.165) is 37.6 Å². The highest BCUT2D eigenvalue weighted by atomic mass is 16.5. The quantitative estimate of drug-likeness (QED) is 0.351. The lowest BCUT2D eigenvalue weighted by Crippen LogP contribution is -2.38. The van der Waals surface area contributed by atoms with Gasteiger partial charge in [0.2, 0.25) is 0 Å². The molecular formula is C17H27N3O. The second-order valence-corrected chi connectivity index (χ2v) is 4.85. The van der Waals surface area contributed by atoms with Crippen LogP contribution in [0.15, 0.2) is 35.3 Å². The molecule has 0 saturated heterocycles. The molecule has 0 aliphatic rings. The Kier molecular flexibility index (Phi) is 8.02. The molecule has 1 aromatic carbocycles. The van der Waals surface area contributed by atoms with E-state index in [0.29, 0.717) is 0 Å². The maximum absolute atomic E-state index is 5.39. The van der Waals surface area contributed by atoms with Crippen molar-refractivity contribution in [2.75, 3.05) is 27.2 Å². The molecule has 0 spiro atoms. The smallest absolute Gasteiger partial charge is 0.190 e. The van der Waals surface area contributed by atoms with Gasteiger partial charge in [-0.3, -0.25) is 4.99 Å². The number of allylic oxidation sites excluding steroid dienone is 1. The lowest BCUT2D eigenvalue weighted by molar-refractivity contribution is 0.409. The Bertz CT molecular complexity index is 481. The molecule has 0 atom stereocenters. The van der Waals surface area contributed by atoms with Crippen LogP contribution in [-0.4, -0.2) is 33.2 Å². The van der Waals surface area contributed by atoms with E-state index < -0.39 is 0 Å². The number of ether oxygens (including phenoxy) is 1. The minimum Gasteiger partial charge on any atom is -0.496 e.